The summed E-state index contributed by atoms with van der Waals surface area (Å²) < 4.78 is 7.40. The number of amides is 1. The molecule has 158 valence electrons. The summed E-state index contributed by atoms with van der Waals surface area (Å²) in [5, 5.41) is 5.28. The van der Waals surface area contributed by atoms with E-state index in [4.69, 9.17) is 16.3 Å². The van der Waals surface area contributed by atoms with Gasteiger partial charge in [0.25, 0.3) is 0 Å². The van der Waals surface area contributed by atoms with Crippen LogP contribution in [0.25, 0.3) is 10.9 Å². The molecule has 0 radical (unpaired) electrons. The van der Waals surface area contributed by atoms with Crippen LogP contribution in [0, 0.1) is 0 Å². The topological polar surface area (TPSA) is 46.5 Å². The highest BCUT2D eigenvalue weighted by Crippen LogP contribution is 2.37. The second-order valence-corrected chi connectivity index (χ2v) is 8.86. The van der Waals surface area contributed by atoms with Crippen molar-refractivity contribution in [2.24, 2.45) is 0 Å². The lowest BCUT2D eigenvalue weighted by molar-refractivity contribution is -0.137. The van der Waals surface area contributed by atoms with Gasteiger partial charge in [-0.3, -0.25) is 4.79 Å². The fourth-order valence-electron chi connectivity index (χ4n) is 4.53. The minimum atomic E-state index is -0.0251. The minimum absolute atomic E-state index is 0.0251. The Kier molecular flexibility index (Phi) is 6.47. The quantitative estimate of drug-likeness (QED) is 0.642. The molecule has 1 aliphatic heterocycles. The molecule has 1 aromatic heterocycles. The Morgan fingerprint density at radius 3 is 2.86 bits per heavy atom. The number of carbonyl (C=O) groups excluding carboxylic acids is 1. The number of rotatable bonds is 8. The van der Waals surface area contributed by atoms with Crippen LogP contribution < -0.4 is 5.32 Å². The summed E-state index contributed by atoms with van der Waals surface area (Å²) in [6.45, 7) is 4.71. The van der Waals surface area contributed by atoms with Gasteiger partial charge >= 0.3 is 0 Å². The summed E-state index contributed by atoms with van der Waals surface area (Å²) in [5.41, 5.74) is 2.31. The normalized spacial score (nSPS) is 20.7. The first-order valence-electron chi connectivity index (χ1n) is 10.9. The Morgan fingerprint density at radius 2 is 2.17 bits per heavy atom. The van der Waals surface area contributed by atoms with Gasteiger partial charge in [0.05, 0.1) is 17.1 Å². The predicted molar refractivity (Wildman–Crippen MR) is 117 cm³/mol. The number of halogens is 1. The molecule has 0 spiro atoms. The van der Waals surface area contributed by atoms with Gasteiger partial charge in [-0.2, -0.15) is 0 Å². The molecule has 2 aromatic rings. The standard InChI is InChI=1S/C23H32ClN3O2/c1-16(27(18-8-9-18)23(28)21-6-3-4-11-25-21)17-7-10-19-20(24)15-26(22(19)14-17)12-5-13-29-2/h7,10,14-16,18,21,25H,3-6,8-9,11-13H2,1-2H3/t16-,21+/m0/s1. The molecule has 2 atom stereocenters. The van der Waals surface area contributed by atoms with Gasteiger partial charge in [-0.05, 0) is 57.2 Å². The average molecular weight is 418 g/mol. The Balaban J connectivity index is 1.59. The maximum absolute atomic E-state index is 13.3. The van der Waals surface area contributed by atoms with E-state index in [1.54, 1.807) is 7.11 Å². The number of aromatic nitrogens is 1. The molecule has 1 saturated carbocycles. The molecule has 5 nitrogen and oxygen atoms in total. The SMILES string of the molecule is COCCCn1cc(Cl)c2ccc([C@H](C)N(C(=O)[C@H]3CCCCN3)C3CC3)cc21. The van der Waals surface area contributed by atoms with Gasteiger partial charge in [0, 0.05) is 43.4 Å². The molecule has 6 heteroatoms. The van der Waals surface area contributed by atoms with Crippen LogP contribution in [0.3, 0.4) is 0 Å². The number of methoxy groups -OCH3 is 1. The second-order valence-electron chi connectivity index (χ2n) is 8.45. The number of carbonyl (C=O) groups is 1. The van der Waals surface area contributed by atoms with Gasteiger partial charge in [0.2, 0.25) is 5.91 Å². The van der Waals surface area contributed by atoms with Crippen molar-refractivity contribution in [3.05, 3.63) is 35.0 Å². The molecule has 1 aliphatic carbocycles. The molecular weight excluding hydrogens is 386 g/mol. The molecule has 1 amide bonds. The summed E-state index contributed by atoms with van der Waals surface area (Å²) in [6, 6.07) is 6.87. The summed E-state index contributed by atoms with van der Waals surface area (Å²) in [6.07, 6.45) is 8.43. The van der Waals surface area contributed by atoms with Crippen molar-refractivity contribution in [1.82, 2.24) is 14.8 Å². The summed E-state index contributed by atoms with van der Waals surface area (Å²) in [7, 11) is 1.73. The number of hydrogen-bond donors (Lipinski definition) is 1. The van der Waals surface area contributed by atoms with E-state index in [1.165, 1.54) is 12.0 Å². The monoisotopic (exact) mass is 417 g/mol. The number of ether oxygens (including phenoxy) is 1. The van der Waals surface area contributed by atoms with Crippen molar-refractivity contribution in [1.29, 1.82) is 0 Å². The first-order valence-corrected chi connectivity index (χ1v) is 11.3. The Hall–Kier alpha value is -1.56. The van der Waals surface area contributed by atoms with Crippen molar-refractivity contribution in [3.63, 3.8) is 0 Å². The van der Waals surface area contributed by atoms with Crippen molar-refractivity contribution >= 4 is 28.4 Å². The fourth-order valence-corrected chi connectivity index (χ4v) is 4.81. The van der Waals surface area contributed by atoms with Crippen molar-refractivity contribution in [2.45, 2.75) is 70.1 Å². The molecule has 0 bridgehead atoms. The van der Waals surface area contributed by atoms with E-state index in [0.717, 1.165) is 67.7 Å². The molecular formula is C23H32ClN3O2. The molecule has 1 N–H and O–H groups in total. The summed E-state index contributed by atoms with van der Waals surface area (Å²) >= 11 is 6.47. The fraction of sp³-hybridized carbons (Fsp3) is 0.609. The van der Waals surface area contributed by atoms with Crippen LogP contribution in [0.2, 0.25) is 5.02 Å². The third-order valence-corrected chi connectivity index (χ3v) is 6.61. The van der Waals surface area contributed by atoms with Gasteiger partial charge in [-0.1, -0.05) is 30.2 Å². The van der Waals surface area contributed by atoms with Crippen LogP contribution in [-0.4, -0.2) is 47.7 Å². The number of benzene rings is 1. The first-order chi connectivity index (χ1) is 14.1. The number of nitrogens with one attached hydrogen (secondary N) is 1. The number of fused-ring (bicyclic) bond motifs is 1. The molecule has 2 fully saturated rings. The van der Waals surface area contributed by atoms with Crippen LogP contribution in [0.4, 0.5) is 0 Å². The second kappa shape index (κ2) is 9.07. The Labute approximate surface area is 178 Å². The van der Waals surface area contributed by atoms with Gasteiger partial charge < -0.3 is 19.5 Å². The van der Waals surface area contributed by atoms with E-state index < -0.39 is 0 Å². The molecule has 0 unspecified atom stereocenters. The van der Waals surface area contributed by atoms with Crippen LogP contribution in [-0.2, 0) is 16.1 Å². The molecule has 1 aromatic carbocycles. The number of nitrogens with zero attached hydrogens (tertiary/aromatic N) is 2. The molecule has 2 aliphatic rings. The molecule has 1 saturated heterocycles. The van der Waals surface area contributed by atoms with Gasteiger partial charge in [0.15, 0.2) is 0 Å². The molecule has 4 rings (SSSR count). The van der Waals surface area contributed by atoms with E-state index in [-0.39, 0.29) is 18.0 Å². The van der Waals surface area contributed by atoms with Crippen LogP contribution in [0.5, 0.6) is 0 Å². The van der Waals surface area contributed by atoms with Crippen LogP contribution >= 0.6 is 11.6 Å². The van der Waals surface area contributed by atoms with E-state index in [9.17, 15) is 4.79 Å². The summed E-state index contributed by atoms with van der Waals surface area (Å²) in [5.74, 6) is 0.272. The minimum Gasteiger partial charge on any atom is -0.385 e. The highest BCUT2D eigenvalue weighted by molar-refractivity contribution is 6.35. The smallest absolute Gasteiger partial charge is 0.240 e. The zero-order chi connectivity index (χ0) is 20.4. The summed E-state index contributed by atoms with van der Waals surface area (Å²) in [4.78, 5) is 15.5. The highest BCUT2D eigenvalue weighted by Gasteiger charge is 2.39. The third kappa shape index (κ3) is 4.47. The van der Waals surface area contributed by atoms with Gasteiger partial charge in [0.1, 0.15) is 0 Å². The third-order valence-electron chi connectivity index (χ3n) is 6.31. The largest absolute Gasteiger partial charge is 0.385 e. The molecule has 29 heavy (non-hydrogen) atoms. The maximum Gasteiger partial charge on any atom is 0.240 e. The van der Waals surface area contributed by atoms with Crippen molar-refractivity contribution in [2.75, 3.05) is 20.3 Å². The average Bonchev–Trinajstić information content (AvgIpc) is 3.53. The number of aryl methyl sites for hydroxylation is 1. The van der Waals surface area contributed by atoms with Crippen LogP contribution in [0.15, 0.2) is 24.4 Å². The lowest BCUT2D eigenvalue weighted by Crippen LogP contribution is -2.50. The lowest BCUT2D eigenvalue weighted by atomic mass is 10.0. The number of piperidine rings is 1. The van der Waals surface area contributed by atoms with E-state index >= 15 is 0 Å². The zero-order valence-corrected chi connectivity index (χ0v) is 18.3. The highest BCUT2D eigenvalue weighted by atomic mass is 35.5. The van der Waals surface area contributed by atoms with Gasteiger partial charge in [-0.15, -0.1) is 0 Å². The number of hydrogen-bond acceptors (Lipinski definition) is 3. The Bertz CT molecular complexity index is 855. The van der Waals surface area contributed by atoms with Gasteiger partial charge in [-0.25, -0.2) is 0 Å². The zero-order valence-electron chi connectivity index (χ0n) is 17.5. The van der Waals surface area contributed by atoms with Crippen LogP contribution in [0.1, 0.15) is 57.1 Å². The van der Waals surface area contributed by atoms with Crippen molar-refractivity contribution < 1.29 is 9.53 Å². The van der Waals surface area contributed by atoms with E-state index in [0.29, 0.717) is 6.04 Å². The lowest BCUT2D eigenvalue weighted by Gasteiger charge is -2.34. The van der Waals surface area contributed by atoms with Crippen molar-refractivity contribution in [3.8, 4) is 0 Å². The van der Waals surface area contributed by atoms with E-state index in [1.807, 2.05) is 6.20 Å². The predicted octanol–water partition coefficient (Wildman–Crippen LogP) is 4.53. The Morgan fingerprint density at radius 1 is 1.34 bits per heavy atom. The first kappa shape index (κ1) is 20.7. The van der Waals surface area contributed by atoms with E-state index in [2.05, 4.69) is 39.9 Å². The maximum atomic E-state index is 13.3. The molecule has 2 heterocycles.